The van der Waals surface area contributed by atoms with Gasteiger partial charge in [-0.3, -0.25) is 4.79 Å². The van der Waals surface area contributed by atoms with Crippen LogP contribution >= 0.6 is 0 Å². The zero-order valence-corrected chi connectivity index (χ0v) is 21.2. The van der Waals surface area contributed by atoms with E-state index in [1.807, 2.05) is 67.6 Å². The predicted molar refractivity (Wildman–Crippen MR) is 151 cm³/mol. The summed E-state index contributed by atoms with van der Waals surface area (Å²) in [6.45, 7) is 2.22. The Kier molecular flexibility index (Phi) is 7.69. The van der Waals surface area contributed by atoms with E-state index in [0.717, 1.165) is 16.5 Å². The van der Waals surface area contributed by atoms with Gasteiger partial charge in [-0.05, 0) is 55.0 Å². The average Bonchev–Trinajstić information content (AvgIpc) is 2.98. The first-order chi connectivity index (χ1) is 19.1. The van der Waals surface area contributed by atoms with Crippen molar-refractivity contribution in [3.05, 3.63) is 126 Å². The molecule has 7 heteroatoms. The molecule has 0 saturated heterocycles. The summed E-state index contributed by atoms with van der Waals surface area (Å²) in [5, 5.41) is 4.89. The molecule has 39 heavy (non-hydrogen) atoms. The topological polar surface area (TPSA) is 89.9 Å². The smallest absolute Gasteiger partial charge is 0.343 e. The Hall–Kier alpha value is -5.30. The lowest BCUT2D eigenvalue weighted by atomic mass is 10.0. The number of aromatic nitrogens is 1. The molecule has 0 radical (unpaired) electrons. The van der Waals surface area contributed by atoms with Crippen molar-refractivity contribution in [1.29, 1.82) is 0 Å². The molecule has 0 fully saturated rings. The fourth-order valence-electron chi connectivity index (χ4n) is 4.04. The third-order valence-electron chi connectivity index (χ3n) is 5.89. The number of carbonyl (C=O) groups excluding carboxylic acids is 2. The number of rotatable bonds is 8. The lowest BCUT2D eigenvalue weighted by Crippen LogP contribution is -2.18. The van der Waals surface area contributed by atoms with Crippen molar-refractivity contribution in [2.24, 2.45) is 5.10 Å². The molecule has 0 saturated carbocycles. The Balaban J connectivity index is 1.35. The van der Waals surface area contributed by atoms with Gasteiger partial charge in [0.25, 0.3) is 5.91 Å². The van der Waals surface area contributed by atoms with Gasteiger partial charge in [-0.25, -0.2) is 15.2 Å². The van der Waals surface area contributed by atoms with E-state index in [0.29, 0.717) is 40.5 Å². The standard InChI is InChI=1S/C32H25N3O4/c1-2-38-30-19-22(17-18-29(30)39-32(37)24-13-7-4-8-14-24)21-33-35-31(36)26-20-28(23-11-5-3-6-12-23)34-27-16-10-9-15-25(26)27/h3-21H,2H2,1H3,(H,35,36). The van der Waals surface area contributed by atoms with E-state index in [1.165, 1.54) is 6.21 Å². The maximum absolute atomic E-state index is 13.2. The lowest BCUT2D eigenvalue weighted by molar-refractivity contribution is 0.0728. The molecular weight excluding hydrogens is 490 g/mol. The molecule has 0 aliphatic carbocycles. The van der Waals surface area contributed by atoms with Gasteiger partial charge in [-0.2, -0.15) is 5.10 Å². The summed E-state index contributed by atoms with van der Waals surface area (Å²) < 4.78 is 11.2. The van der Waals surface area contributed by atoms with Gasteiger partial charge in [0.2, 0.25) is 0 Å². The van der Waals surface area contributed by atoms with Crippen molar-refractivity contribution in [3.63, 3.8) is 0 Å². The summed E-state index contributed by atoms with van der Waals surface area (Å²) in [5.74, 6) is -0.154. The lowest BCUT2D eigenvalue weighted by Gasteiger charge is -2.11. The number of carbonyl (C=O) groups is 2. The molecular formula is C32H25N3O4. The Morgan fingerprint density at radius 3 is 2.33 bits per heavy atom. The second-order valence-electron chi connectivity index (χ2n) is 8.53. The number of hydrogen-bond acceptors (Lipinski definition) is 6. The monoisotopic (exact) mass is 515 g/mol. The fraction of sp³-hybridized carbons (Fsp3) is 0.0625. The van der Waals surface area contributed by atoms with Crippen LogP contribution in [0.1, 0.15) is 33.2 Å². The minimum Gasteiger partial charge on any atom is -0.490 e. The molecule has 5 aromatic rings. The molecule has 1 N–H and O–H groups in total. The first kappa shape index (κ1) is 25.4. The second kappa shape index (κ2) is 11.8. The molecule has 1 aromatic heterocycles. The van der Waals surface area contributed by atoms with Crippen LogP contribution < -0.4 is 14.9 Å². The number of hydrogen-bond donors (Lipinski definition) is 1. The molecule has 4 aromatic carbocycles. The van der Waals surface area contributed by atoms with Crippen LogP contribution in [-0.4, -0.2) is 29.7 Å². The quantitative estimate of drug-likeness (QED) is 0.114. The summed E-state index contributed by atoms with van der Waals surface area (Å²) in [4.78, 5) is 30.4. The molecule has 192 valence electrons. The number of amides is 1. The zero-order chi connectivity index (χ0) is 27.0. The average molecular weight is 516 g/mol. The molecule has 0 unspecified atom stereocenters. The molecule has 0 bridgehead atoms. The highest BCUT2D eigenvalue weighted by Gasteiger charge is 2.15. The minimum absolute atomic E-state index is 0.295. The van der Waals surface area contributed by atoms with Crippen LogP contribution in [0.2, 0.25) is 0 Å². The number of para-hydroxylation sites is 1. The third-order valence-corrected chi connectivity index (χ3v) is 5.89. The molecule has 5 rings (SSSR count). The van der Waals surface area contributed by atoms with Crippen LogP contribution in [-0.2, 0) is 0 Å². The first-order valence-electron chi connectivity index (χ1n) is 12.4. The number of esters is 1. The van der Waals surface area contributed by atoms with Gasteiger partial charge >= 0.3 is 5.97 Å². The normalized spacial score (nSPS) is 10.9. The Labute approximate surface area is 225 Å². The van der Waals surface area contributed by atoms with Gasteiger partial charge in [0, 0.05) is 10.9 Å². The van der Waals surface area contributed by atoms with E-state index < -0.39 is 5.97 Å². The van der Waals surface area contributed by atoms with Crippen molar-refractivity contribution >= 4 is 29.0 Å². The van der Waals surface area contributed by atoms with Crippen molar-refractivity contribution in [2.45, 2.75) is 6.92 Å². The maximum Gasteiger partial charge on any atom is 0.343 e. The summed E-state index contributed by atoms with van der Waals surface area (Å²) in [6.07, 6.45) is 1.50. The van der Waals surface area contributed by atoms with Gasteiger partial charge in [-0.15, -0.1) is 0 Å². The van der Waals surface area contributed by atoms with Gasteiger partial charge in [0.15, 0.2) is 11.5 Å². The SMILES string of the molecule is CCOc1cc(C=NNC(=O)c2cc(-c3ccccc3)nc3ccccc23)ccc1OC(=O)c1ccccc1. The van der Waals surface area contributed by atoms with Crippen molar-refractivity contribution in [2.75, 3.05) is 6.61 Å². The number of hydrazone groups is 1. The van der Waals surface area contributed by atoms with Gasteiger partial charge in [0.1, 0.15) is 0 Å². The van der Waals surface area contributed by atoms with E-state index >= 15 is 0 Å². The zero-order valence-electron chi connectivity index (χ0n) is 21.2. The molecule has 0 aliphatic rings. The molecule has 1 amide bonds. The van der Waals surface area contributed by atoms with Crippen molar-refractivity contribution in [1.82, 2.24) is 10.4 Å². The van der Waals surface area contributed by atoms with E-state index in [-0.39, 0.29) is 5.91 Å². The highest BCUT2D eigenvalue weighted by molar-refractivity contribution is 6.07. The Bertz CT molecular complexity index is 1650. The molecule has 0 spiro atoms. The van der Waals surface area contributed by atoms with Crippen LogP contribution in [0.4, 0.5) is 0 Å². The summed E-state index contributed by atoms with van der Waals surface area (Å²) in [5.41, 5.74) is 6.51. The van der Waals surface area contributed by atoms with E-state index in [9.17, 15) is 9.59 Å². The van der Waals surface area contributed by atoms with Crippen LogP contribution in [0.3, 0.4) is 0 Å². The maximum atomic E-state index is 13.2. The highest BCUT2D eigenvalue weighted by Crippen LogP contribution is 2.29. The largest absolute Gasteiger partial charge is 0.490 e. The first-order valence-corrected chi connectivity index (χ1v) is 12.4. The van der Waals surface area contributed by atoms with Crippen LogP contribution in [0.15, 0.2) is 114 Å². The van der Waals surface area contributed by atoms with E-state index in [4.69, 9.17) is 14.5 Å². The van der Waals surface area contributed by atoms with E-state index in [1.54, 1.807) is 48.5 Å². The van der Waals surface area contributed by atoms with Crippen molar-refractivity contribution < 1.29 is 19.1 Å². The molecule has 0 aliphatic heterocycles. The number of ether oxygens (including phenoxy) is 2. The third kappa shape index (κ3) is 5.99. The van der Waals surface area contributed by atoms with Gasteiger partial charge in [-0.1, -0.05) is 66.7 Å². The van der Waals surface area contributed by atoms with Gasteiger partial charge < -0.3 is 9.47 Å². The summed E-state index contributed by atoms with van der Waals surface area (Å²) in [7, 11) is 0. The predicted octanol–water partition coefficient (Wildman–Crippen LogP) is 6.28. The summed E-state index contributed by atoms with van der Waals surface area (Å²) >= 11 is 0. The Morgan fingerprint density at radius 1 is 0.846 bits per heavy atom. The number of fused-ring (bicyclic) bond motifs is 1. The number of pyridine rings is 1. The molecule has 7 nitrogen and oxygen atoms in total. The Morgan fingerprint density at radius 2 is 1.56 bits per heavy atom. The fourth-order valence-corrected chi connectivity index (χ4v) is 4.04. The number of nitrogens with zero attached hydrogens (tertiary/aromatic N) is 2. The second-order valence-corrected chi connectivity index (χ2v) is 8.53. The van der Waals surface area contributed by atoms with Gasteiger partial charge in [0.05, 0.1) is 35.2 Å². The van der Waals surface area contributed by atoms with Crippen LogP contribution in [0.5, 0.6) is 11.5 Å². The van der Waals surface area contributed by atoms with Crippen LogP contribution in [0, 0.1) is 0 Å². The molecule has 0 atom stereocenters. The summed E-state index contributed by atoms with van der Waals surface area (Å²) in [6, 6.07) is 32.8. The number of nitrogens with one attached hydrogen (secondary N) is 1. The minimum atomic E-state index is -0.482. The number of benzene rings is 4. The van der Waals surface area contributed by atoms with Crippen LogP contribution in [0.25, 0.3) is 22.2 Å². The van der Waals surface area contributed by atoms with Crippen molar-refractivity contribution in [3.8, 4) is 22.8 Å². The van der Waals surface area contributed by atoms with E-state index in [2.05, 4.69) is 10.5 Å². The highest BCUT2D eigenvalue weighted by atomic mass is 16.6. The molecule has 1 heterocycles.